The van der Waals surface area contributed by atoms with E-state index in [1.165, 1.54) is 0 Å². The molecular weight excluding hydrogens is 369 g/mol. The van der Waals surface area contributed by atoms with Gasteiger partial charge in [-0.3, -0.25) is 4.98 Å². The van der Waals surface area contributed by atoms with Crippen LogP contribution in [0.2, 0.25) is 10.3 Å². The van der Waals surface area contributed by atoms with Crippen LogP contribution in [0.5, 0.6) is 5.75 Å². The SMILES string of the molecule is Clc1nnc(Cl)c2cc(-c3cccc(OCc4ccccc4)c3)ncc12. The smallest absolute Gasteiger partial charge is 0.161 e. The van der Waals surface area contributed by atoms with Crippen LogP contribution in [0.1, 0.15) is 5.56 Å². The third-order valence-electron chi connectivity index (χ3n) is 3.95. The van der Waals surface area contributed by atoms with Crippen LogP contribution in [0.25, 0.3) is 22.0 Å². The number of hydrogen-bond acceptors (Lipinski definition) is 4. The Hall–Kier alpha value is -2.69. The molecule has 4 aromatic rings. The average Bonchev–Trinajstić information content (AvgIpc) is 2.70. The maximum absolute atomic E-state index is 6.15. The molecule has 0 saturated carbocycles. The third-order valence-corrected chi connectivity index (χ3v) is 4.51. The van der Waals surface area contributed by atoms with Crippen molar-refractivity contribution in [3.63, 3.8) is 0 Å². The summed E-state index contributed by atoms with van der Waals surface area (Å²) in [5, 5.41) is 9.62. The molecule has 2 aromatic heterocycles. The standard InChI is InChI=1S/C20H13Cl2N3O/c21-19-16-10-18(23-11-17(16)20(22)25-24-19)14-7-4-8-15(9-14)26-12-13-5-2-1-3-6-13/h1-11H,12H2. The van der Waals surface area contributed by atoms with Crippen LogP contribution >= 0.6 is 23.2 Å². The molecule has 0 spiro atoms. The van der Waals surface area contributed by atoms with Crippen LogP contribution in [0, 0.1) is 0 Å². The van der Waals surface area contributed by atoms with Gasteiger partial charge < -0.3 is 4.74 Å². The Balaban J connectivity index is 1.64. The van der Waals surface area contributed by atoms with Gasteiger partial charge in [-0.1, -0.05) is 65.7 Å². The maximum Gasteiger partial charge on any atom is 0.161 e. The molecule has 0 aliphatic heterocycles. The highest BCUT2D eigenvalue weighted by atomic mass is 35.5. The molecule has 0 unspecified atom stereocenters. The highest BCUT2D eigenvalue weighted by Gasteiger charge is 2.10. The Morgan fingerprint density at radius 2 is 1.58 bits per heavy atom. The number of pyridine rings is 1. The highest BCUT2D eigenvalue weighted by molar-refractivity contribution is 6.38. The second-order valence-electron chi connectivity index (χ2n) is 5.70. The molecule has 0 amide bonds. The Labute approximate surface area is 160 Å². The maximum atomic E-state index is 6.15. The number of benzene rings is 2. The largest absolute Gasteiger partial charge is 0.489 e. The number of fused-ring (bicyclic) bond motifs is 1. The van der Waals surface area contributed by atoms with Crippen LogP contribution in [0.4, 0.5) is 0 Å². The summed E-state index contributed by atoms with van der Waals surface area (Å²) in [6.07, 6.45) is 1.66. The summed E-state index contributed by atoms with van der Waals surface area (Å²) in [6, 6.07) is 19.6. The molecule has 4 rings (SSSR count). The zero-order chi connectivity index (χ0) is 17.9. The van der Waals surface area contributed by atoms with Crippen LogP contribution in [0.15, 0.2) is 66.9 Å². The minimum atomic E-state index is 0.281. The first-order chi connectivity index (χ1) is 12.7. The number of ether oxygens (including phenoxy) is 1. The molecule has 26 heavy (non-hydrogen) atoms. The van der Waals surface area contributed by atoms with E-state index in [1.807, 2.05) is 60.7 Å². The fraction of sp³-hybridized carbons (Fsp3) is 0.0500. The van der Waals surface area contributed by atoms with Gasteiger partial charge in [-0.05, 0) is 23.8 Å². The van der Waals surface area contributed by atoms with Crippen molar-refractivity contribution in [1.82, 2.24) is 15.2 Å². The van der Waals surface area contributed by atoms with Gasteiger partial charge in [0.15, 0.2) is 10.3 Å². The second-order valence-corrected chi connectivity index (χ2v) is 6.41. The highest BCUT2D eigenvalue weighted by Crippen LogP contribution is 2.30. The van der Waals surface area contributed by atoms with E-state index in [-0.39, 0.29) is 5.15 Å². The van der Waals surface area contributed by atoms with E-state index in [2.05, 4.69) is 15.2 Å². The molecule has 0 atom stereocenters. The number of hydrogen-bond donors (Lipinski definition) is 0. The van der Waals surface area contributed by atoms with E-state index in [0.29, 0.717) is 22.5 Å². The van der Waals surface area contributed by atoms with Crippen LogP contribution in [-0.4, -0.2) is 15.2 Å². The topological polar surface area (TPSA) is 47.9 Å². The van der Waals surface area contributed by atoms with E-state index in [4.69, 9.17) is 27.9 Å². The summed E-state index contributed by atoms with van der Waals surface area (Å²) in [6.45, 7) is 0.506. The van der Waals surface area contributed by atoms with Gasteiger partial charge in [0.2, 0.25) is 0 Å². The number of rotatable bonds is 4. The lowest BCUT2D eigenvalue weighted by Crippen LogP contribution is -1.95. The molecule has 0 bridgehead atoms. The summed E-state index contributed by atoms with van der Waals surface area (Å²) in [7, 11) is 0. The van der Waals surface area contributed by atoms with Gasteiger partial charge in [-0.15, -0.1) is 10.2 Å². The van der Waals surface area contributed by atoms with Crippen molar-refractivity contribution >= 4 is 34.0 Å². The van der Waals surface area contributed by atoms with Crippen molar-refractivity contribution in [3.05, 3.63) is 82.7 Å². The van der Waals surface area contributed by atoms with E-state index < -0.39 is 0 Å². The summed E-state index contributed by atoms with van der Waals surface area (Å²) in [5.41, 5.74) is 2.79. The monoisotopic (exact) mass is 381 g/mol. The van der Waals surface area contributed by atoms with Gasteiger partial charge in [-0.2, -0.15) is 0 Å². The number of aromatic nitrogens is 3. The predicted octanol–water partition coefficient (Wildman–Crippen LogP) is 5.58. The second kappa shape index (κ2) is 7.28. The summed E-state index contributed by atoms with van der Waals surface area (Å²) in [4.78, 5) is 4.47. The summed E-state index contributed by atoms with van der Waals surface area (Å²) in [5.74, 6) is 0.769. The van der Waals surface area contributed by atoms with E-state index in [9.17, 15) is 0 Å². The van der Waals surface area contributed by atoms with E-state index in [1.54, 1.807) is 6.20 Å². The lowest BCUT2D eigenvalue weighted by Gasteiger charge is -2.09. The van der Waals surface area contributed by atoms with Crippen LogP contribution < -0.4 is 4.74 Å². The molecule has 0 radical (unpaired) electrons. The van der Waals surface area contributed by atoms with Crippen molar-refractivity contribution in [2.75, 3.05) is 0 Å². The van der Waals surface area contributed by atoms with E-state index in [0.717, 1.165) is 22.6 Å². The molecular formula is C20H13Cl2N3O. The van der Waals surface area contributed by atoms with Gasteiger partial charge in [0.05, 0.1) is 5.69 Å². The molecule has 0 saturated heterocycles. The van der Waals surface area contributed by atoms with Gasteiger partial charge >= 0.3 is 0 Å². The van der Waals surface area contributed by atoms with Gasteiger partial charge in [0, 0.05) is 22.5 Å². The number of nitrogens with zero attached hydrogens (tertiary/aromatic N) is 3. The number of halogens is 2. The fourth-order valence-corrected chi connectivity index (χ4v) is 3.01. The van der Waals surface area contributed by atoms with Gasteiger partial charge in [-0.25, -0.2) is 0 Å². The molecule has 2 aromatic carbocycles. The Morgan fingerprint density at radius 1 is 0.808 bits per heavy atom. The van der Waals surface area contributed by atoms with Gasteiger partial charge in [0.1, 0.15) is 12.4 Å². The molecule has 0 N–H and O–H groups in total. The first-order valence-electron chi connectivity index (χ1n) is 7.95. The zero-order valence-corrected chi connectivity index (χ0v) is 15.1. The lowest BCUT2D eigenvalue weighted by atomic mass is 10.1. The molecule has 0 fully saturated rings. The summed E-state index contributed by atoms with van der Waals surface area (Å²) < 4.78 is 5.89. The van der Waals surface area contributed by atoms with Crippen LogP contribution in [-0.2, 0) is 6.61 Å². The van der Waals surface area contributed by atoms with Crippen molar-refractivity contribution in [3.8, 4) is 17.0 Å². The van der Waals surface area contributed by atoms with Crippen molar-refractivity contribution < 1.29 is 4.74 Å². The normalized spacial score (nSPS) is 10.8. The molecule has 0 aliphatic carbocycles. The Kier molecular flexibility index (Phi) is 4.69. The van der Waals surface area contributed by atoms with E-state index >= 15 is 0 Å². The van der Waals surface area contributed by atoms with Crippen molar-refractivity contribution in [1.29, 1.82) is 0 Å². The van der Waals surface area contributed by atoms with Crippen LogP contribution in [0.3, 0.4) is 0 Å². The summed E-state index contributed by atoms with van der Waals surface area (Å²) >= 11 is 12.2. The first-order valence-corrected chi connectivity index (χ1v) is 8.71. The molecule has 6 heteroatoms. The predicted molar refractivity (Wildman–Crippen MR) is 104 cm³/mol. The van der Waals surface area contributed by atoms with Gasteiger partial charge in [0.25, 0.3) is 0 Å². The molecule has 0 aliphatic rings. The zero-order valence-electron chi connectivity index (χ0n) is 13.6. The third kappa shape index (κ3) is 3.47. The average molecular weight is 382 g/mol. The molecule has 128 valence electrons. The lowest BCUT2D eigenvalue weighted by molar-refractivity contribution is 0.306. The minimum Gasteiger partial charge on any atom is -0.489 e. The Morgan fingerprint density at radius 3 is 2.38 bits per heavy atom. The quantitative estimate of drug-likeness (QED) is 0.463. The van der Waals surface area contributed by atoms with Crippen molar-refractivity contribution in [2.24, 2.45) is 0 Å². The van der Waals surface area contributed by atoms with Crippen molar-refractivity contribution in [2.45, 2.75) is 6.61 Å². The molecule has 4 nitrogen and oxygen atoms in total. The Bertz CT molecular complexity index is 1070. The minimum absolute atomic E-state index is 0.281. The first kappa shape index (κ1) is 16.8. The fourth-order valence-electron chi connectivity index (χ4n) is 2.63. The molecule has 2 heterocycles.